The number of nitrogens with two attached hydrogens (primary N) is 1. The van der Waals surface area contributed by atoms with Crippen molar-refractivity contribution in [1.29, 1.82) is 0 Å². The maximum Gasteiger partial charge on any atom is 0.0576 e. The molecule has 0 spiro atoms. The smallest absolute Gasteiger partial charge is 0.0576 e. The van der Waals surface area contributed by atoms with Crippen molar-refractivity contribution in [2.45, 2.75) is 58.1 Å². The Labute approximate surface area is 115 Å². The van der Waals surface area contributed by atoms with E-state index in [9.17, 15) is 0 Å². The summed E-state index contributed by atoms with van der Waals surface area (Å²) >= 11 is 0. The van der Waals surface area contributed by atoms with E-state index in [0.29, 0.717) is 6.10 Å². The third-order valence-corrected chi connectivity index (χ3v) is 3.75. The molecule has 0 aromatic carbocycles. The molecule has 2 rings (SSSR count). The second-order valence-corrected chi connectivity index (χ2v) is 5.47. The zero-order valence-corrected chi connectivity index (χ0v) is 12.0. The lowest BCUT2D eigenvalue weighted by Crippen LogP contribution is -2.28. The van der Waals surface area contributed by atoms with E-state index in [1.54, 1.807) is 0 Å². The summed E-state index contributed by atoms with van der Waals surface area (Å²) in [5.74, 6) is 5.70. The summed E-state index contributed by atoms with van der Waals surface area (Å²) in [6, 6.07) is 4.44. The molecule has 2 atom stereocenters. The van der Waals surface area contributed by atoms with Crippen LogP contribution in [-0.4, -0.2) is 17.7 Å². The summed E-state index contributed by atoms with van der Waals surface area (Å²) in [4.78, 5) is 4.41. The highest BCUT2D eigenvalue weighted by molar-refractivity contribution is 5.23. The van der Waals surface area contributed by atoms with Crippen molar-refractivity contribution in [3.05, 3.63) is 29.1 Å². The average Bonchev–Trinajstić information content (AvgIpc) is 2.86. The Morgan fingerprint density at radius 2 is 2.16 bits per heavy atom. The number of nitrogens with zero attached hydrogens (tertiary/aromatic N) is 1. The van der Waals surface area contributed by atoms with Gasteiger partial charge in [0.2, 0.25) is 0 Å². The maximum atomic E-state index is 5.70. The van der Waals surface area contributed by atoms with Crippen LogP contribution in [0, 0.1) is 13.8 Å². The second kappa shape index (κ2) is 6.98. The molecule has 1 aromatic rings. The van der Waals surface area contributed by atoms with Gasteiger partial charge in [0, 0.05) is 24.0 Å². The molecule has 1 fully saturated rings. The van der Waals surface area contributed by atoms with Crippen molar-refractivity contribution < 1.29 is 4.74 Å². The lowest BCUT2D eigenvalue weighted by molar-refractivity contribution is 0.101. The van der Waals surface area contributed by atoms with Gasteiger partial charge in [-0.25, -0.2) is 0 Å². The molecule has 1 saturated heterocycles. The number of hydrazine groups is 1. The van der Waals surface area contributed by atoms with Gasteiger partial charge in [-0.05, 0) is 63.6 Å². The van der Waals surface area contributed by atoms with Crippen molar-refractivity contribution in [2.24, 2.45) is 5.84 Å². The number of pyridine rings is 1. The number of hydrogen-bond donors (Lipinski definition) is 2. The van der Waals surface area contributed by atoms with Crippen molar-refractivity contribution in [2.75, 3.05) is 6.61 Å². The van der Waals surface area contributed by atoms with E-state index in [-0.39, 0.29) is 6.04 Å². The van der Waals surface area contributed by atoms with Gasteiger partial charge >= 0.3 is 0 Å². The standard InChI is InChI=1S/C15H25N3O/c1-11-9-13(10-12(2)17-11)15(18-16)7-3-5-14-6-4-8-19-14/h9-10,14-15,18H,3-8,16H2,1-2H3. The third-order valence-electron chi connectivity index (χ3n) is 3.75. The quantitative estimate of drug-likeness (QED) is 0.611. The van der Waals surface area contributed by atoms with Crippen LogP contribution in [0.2, 0.25) is 0 Å². The molecule has 4 heteroatoms. The first-order valence-corrected chi connectivity index (χ1v) is 7.22. The van der Waals surface area contributed by atoms with Gasteiger partial charge in [0.25, 0.3) is 0 Å². The first kappa shape index (κ1) is 14.4. The van der Waals surface area contributed by atoms with Crippen LogP contribution in [0.5, 0.6) is 0 Å². The van der Waals surface area contributed by atoms with E-state index in [2.05, 4.69) is 22.5 Å². The number of aromatic nitrogens is 1. The Kier molecular flexibility index (Phi) is 5.31. The summed E-state index contributed by atoms with van der Waals surface area (Å²) in [6.45, 7) is 4.98. The number of hydrogen-bond acceptors (Lipinski definition) is 4. The Balaban J connectivity index is 1.87. The molecule has 1 aromatic heterocycles. The number of rotatable bonds is 6. The summed E-state index contributed by atoms with van der Waals surface area (Å²) in [7, 11) is 0. The van der Waals surface area contributed by atoms with Gasteiger partial charge in [0.1, 0.15) is 0 Å². The summed E-state index contributed by atoms with van der Waals surface area (Å²) < 4.78 is 5.65. The van der Waals surface area contributed by atoms with E-state index >= 15 is 0 Å². The Hall–Kier alpha value is -0.970. The lowest BCUT2D eigenvalue weighted by Gasteiger charge is -2.18. The van der Waals surface area contributed by atoms with Gasteiger partial charge in [0.15, 0.2) is 0 Å². The summed E-state index contributed by atoms with van der Waals surface area (Å²) in [5, 5.41) is 0. The minimum absolute atomic E-state index is 0.210. The third kappa shape index (κ3) is 4.27. The van der Waals surface area contributed by atoms with Crippen molar-refractivity contribution in [1.82, 2.24) is 10.4 Å². The molecule has 0 saturated carbocycles. The molecular formula is C15H25N3O. The molecule has 0 bridgehead atoms. The molecule has 0 amide bonds. The first-order chi connectivity index (χ1) is 9.19. The lowest BCUT2D eigenvalue weighted by atomic mass is 9.99. The molecule has 1 aliphatic rings. The van der Waals surface area contributed by atoms with E-state index in [1.807, 2.05) is 13.8 Å². The fourth-order valence-electron chi connectivity index (χ4n) is 2.84. The SMILES string of the molecule is Cc1cc(C(CCCC2CCCO2)NN)cc(C)n1. The van der Waals surface area contributed by atoms with Gasteiger partial charge in [-0.15, -0.1) is 0 Å². The highest BCUT2D eigenvalue weighted by Gasteiger charge is 2.16. The number of aryl methyl sites for hydroxylation is 2. The maximum absolute atomic E-state index is 5.70. The fraction of sp³-hybridized carbons (Fsp3) is 0.667. The number of ether oxygens (including phenoxy) is 1. The van der Waals surface area contributed by atoms with Crippen molar-refractivity contribution in [3.63, 3.8) is 0 Å². The minimum atomic E-state index is 0.210. The van der Waals surface area contributed by atoms with Crippen molar-refractivity contribution in [3.8, 4) is 0 Å². The molecule has 1 aliphatic heterocycles. The second-order valence-electron chi connectivity index (χ2n) is 5.47. The zero-order valence-electron chi connectivity index (χ0n) is 12.0. The van der Waals surface area contributed by atoms with Crippen LogP contribution in [0.1, 0.15) is 55.1 Å². The normalized spacial score (nSPS) is 20.7. The molecule has 0 radical (unpaired) electrons. The summed E-state index contributed by atoms with van der Waals surface area (Å²) in [5.41, 5.74) is 6.27. The van der Waals surface area contributed by atoms with Gasteiger partial charge in [-0.1, -0.05) is 0 Å². The Morgan fingerprint density at radius 1 is 1.42 bits per heavy atom. The first-order valence-electron chi connectivity index (χ1n) is 7.22. The van der Waals surface area contributed by atoms with Crippen LogP contribution in [0.3, 0.4) is 0 Å². The van der Waals surface area contributed by atoms with E-state index in [0.717, 1.165) is 37.3 Å². The van der Waals surface area contributed by atoms with E-state index in [1.165, 1.54) is 18.4 Å². The van der Waals surface area contributed by atoms with Gasteiger partial charge < -0.3 is 4.74 Å². The van der Waals surface area contributed by atoms with Gasteiger partial charge in [-0.2, -0.15) is 0 Å². The molecule has 4 nitrogen and oxygen atoms in total. The molecular weight excluding hydrogens is 238 g/mol. The monoisotopic (exact) mass is 263 g/mol. The molecule has 2 unspecified atom stereocenters. The molecule has 19 heavy (non-hydrogen) atoms. The van der Waals surface area contributed by atoms with Crippen LogP contribution in [-0.2, 0) is 4.74 Å². The van der Waals surface area contributed by atoms with E-state index in [4.69, 9.17) is 10.6 Å². The van der Waals surface area contributed by atoms with Gasteiger partial charge in [0.05, 0.1) is 6.10 Å². The Morgan fingerprint density at radius 3 is 2.74 bits per heavy atom. The van der Waals surface area contributed by atoms with Crippen LogP contribution in [0.15, 0.2) is 12.1 Å². The topological polar surface area (TPSA) is 60.2 Å². The predicted molar refractivity (Wildman–Crippen MR) is 76.6 cm³/mol. The van der Waals surface area contributed by atoms with E-state index < -0.39 is 0 Å². The predicted octanol–water partition coefficient (Wildman–Crippen LogP) is 2.55. The Bertz CT molecular complexity index is 382. The molecule has 0 aliphatic carbocycles. The zero-order chi connectivity index (χ0) is 13.7. The van der Waals surface area contributed by atoms with Crippen molar-refractivity contribution >= 4 is 0 Å². The summed E-state index contributed by atoms with van der Waals surface area (Å²) in [6.07, 6.45) is 6.22. The number of nitrogens with one attached hydrogen (secondary N) is 1. The fourth-order valence-corrected chi connectivity index (χ4v) is 2.84. The highest BCUT2D eigenvalue weighted by atomic mass is 16.5. The van der Waals surface area contributed by atoms with Crippen LogP contribution in [0.4, 0.5) is 0 Å². The van der Waals surface area contributed by atoms with Gasteiger partial charge in [-0.3, -0.25) is 16.3 Å². The van der Waals surface area contributed by atoms with Crippen LogP contribution in [0.25, 0.3) is 0 Å². The molecule has 3 N–H and O–H groups in total. The van der Waals surface area contributed by atoms with Crippen LogP contribution >= 0.6 is 0 Å². The average molecular weight is 263 g/mol. The van der Waals surface area contributed by atoms with Crippen LogP contribution < -0.4 is 11.3 Å². The molecule has 106 valence electrons. The highest BCUT2D eigenvalue weighted by Crippen LogP contribution is 2.23. The largest absolute Gasteiger partial charge is 0.378 e. The minimum Gasteiger partial charge on any atom is -0.378 e. The molecule has 2 heterocycles.